The third kappa shape index (κ3) is 11.2. The van der Waals surface area contributed by atoms with E-state index in [0.29, 0.717) is 24.1 Å². The summed E-state index contributed by atoms with van der Waals surface area (Å²) in [6, 6.07) is 9.59. The number of hydrogen-bond donors (Lipinski definition) is 0. The Bertz CT molecular complexity index is 1360. The second kappa shape index (κ2) is 16.9. The van der Waals surface area contributed by atoms with Crippen LogP contribution in [-0.2, 0) is 18.5 Å². The second-order valence-electron chi connectivity index (χ2n) is 12.1. The molecule has 49 heavy (non-hydrogen) atoms. The van der Waals surface area contributed by atoms with Gasteiger partial charge in [0, 0.05) is 0 Å². The summed E-state index contributed by atoms with van der Waals surface area (Å²) in [7, 11) is -1.82. The van der Waals surface area contributed by atoms with Gasteiger partial charge in [0.15, 0.2) is 0 Å². The number of alkyl halides is 9. The Morgan fingerprint density at radius 1 is 0.551 bits per heavy atom. The number of hydrogen-bond acceptors (Lipinski definition) is 3. The van der Waals surface area contributed by atoms with Gasteiger partial charge in [-0.1, -0.05) is 40.0 Å². The molecule has 0 saturated heterocycles. The molecule has 0 radical (unpaired) electrons. The molecule has 0 aliphatic rings. The quantitative estimate of drug-likeness (QED) is 0.0795. The number of nitrogens with zero attached hydrogens (tertiary/aromatic N) is 1. The first kappa shape index (κ1) is 39.9. The molecule has 1 atom stereocenters. The van der Waals surface area contributed by atoms with Crippen LogP contribution in [0, 0.1) is 0 Å². The van der Waals surface area contributed by atoms with E-state index >= 15 is 0 Å². The van der Waals surface area contributed by atoms with Gasteiger partial charge in [-0.05, 0) is 92.9 Å². The van der Waals surface area contributed by atoms with Crippen LogP contribution in [0.25, 0.3) is 0 Å². The number of rotatable bonds is 17. The maximum absolute atomic E-state index is 14.1. The van der Waals surface area contributed by atoms with Gasteiger partial charge in [-0.3, -0.25) is 0 Å². The topological polar surface area (TPSA) is 27.7 Å². The lowest BCUT2D eigenvalue weighted by Crippen LogP contribution is -2.52. The van der Waals surface area contributed by atoms with Crippen molar-refractivity contribution in [1.29, 1.82) is 0 Å². The fourth-order valence-electron chi connectivity index (χ4n) is 5.63. The van der Waals surface area contributed by atoms with Crippen LogP contribution in [0.3, 0.4) is 0 Å². The van der Waals surface area contributed by atoms with Crippen LogP contribution in [0.2, 0.25) is 0 Å². The molecule has 0 spiro atoms. The van der Waals surface area contributed by atoms with Gasteiger partial charge in [0.1, 0.15) is 23.3 Å². The highest BCUT2D eigenvalue weighted by molar-refractivity contribution is 6.39. The van der Waals surface area contributed by atoms with Crippen molar-refractivity contribution in [2.45, 2.75) is 90.8 Å². The molecule has 3 aromatic rings. The largest absolute Gasteiger partial charge is 0.864 e. The van der Waals surface area contributed by atoms with E-state index in [1.54, 1.807) is 0 Å². The van der Waals surface area contributed by atoms with E-state index in [1.165, 1.54) is 0 Å². The van der Waals surface area contributed by atoms with E-state index in [4.69, 9.17) is 14.0 Å². The molecule has 0 amide bonds. The molecule has 4 nitrogen and oxygen atoms in total. The van der Waals surface area contributed by atoms with Crippen molar-refractivity contribution >= 4 is 7.32 Å². The van der Waals surface area contributed by atoms with Crippen molar-refractivity contribution in [2.24, 2.45) is 0 Å². The highest BCUT2D eigenvalue weighted by atomic mass is 19.4. The maximum atomic E-state index is 14.1. The molecule has 0 bridgehead atoms. The summed E-state index contributed by atoms with van der Waals surface area (Å²) in [5.74, 6) is -0.327. The zero-order chi connectivity index (χ0) is 36.5. The number of benzene rings is 3. The molecule has 14 heteroatoms. The van der Waals surface area contributed by atoms with E-state index in [2.05, 4.69) is 0 Å². The standard InChI is InChI=1S/C35H42BF9NO3/c1-5-8-21-46(22-9-6-2,23-10-7-3)25(4)31-24-28(35(43,44)45)15-20-32(31)49-36(47-29-16-11-26(12-17-29)33(37,38)39)48-30-18-13-27(14-19-30)34(40,41)42/h11-20,24-25H,5-10,21-23H2,1-4H3/q+1. The van der Waals surface area contributed by atoms with Crippen LogP contribution in [0.4, 0.5) is 39.5 Å². The number of quaternary nitrogens is 1. The van der Waals surface area contributed by atoms with Gasteiger partial charge < -0.3 is 18.4 Å². The Morgan fingerprint density at radius 2 is 0.918 bits per heavy atom. The third-order valence-electron chi connectivity index (χ3n) is 8.53. The summed E-state index contributed by atoms with van der Waals surface area (Å²) < 4.78 is 139. The summed E-state index contributed by atoms with van der Waals surface area (Å²) >= 11 is 0. The van der Waals surface area contributed by atoms with Crippen molar-refractivity contribution in [3.63, 3.8) is 0 Å². The second-order valence-corrected chi connectivity index (χ2v) is 12.1. The monoisotopic (exact) mass is 706 g/mol. The first-order valence-electron chi connectivity index (χ1n) is 16.3. The minimum absolute atomic E-state index is 0.0312. The molecule has 3 rings (SSSR count). The average molecular weight is 707 g/mol. The highest BCUT2D eigenvalue weighted by Gasteiger charge is 2.41. The average Bonchev–Trinajstić information content (AvgIpc) is 3.03. The van der Waals surface area contributed by atoms with Gasteiger partial charge in [-0.2, -0.15) is 39.5 Å². The predicted octanol–water partition coefficient (Wildman–Crippen LogP) is 11.5. The molecule has 0 N–H and O–H groups in total. The molecular formula is C35H42BF9NO3+. The van der Waals surface area contributed by atoms with Gasteiger partial charge in [-0.25, -0.2) is 0 Å². The van der Waals surface area contributed by atoms with Crippen molar-refractivity contribution < 1.29 is 58.0 Å². The van der Waals surface area contributed by atoms with E-state index in [-0.39, 0.29) is 22.8 Å². The normalized spacial score (nSPS) is 13.2. The molecule has 0 fully saturated rings. The zero-order valence-corrected chi connectivity index (χ0v) is 27.9. The smallest absolute Gasteiger partial charge is 0.490 e. The summed E-state index contributed by atoms with van der Waals surface area (Å²) in [5, 5.41) is 0. The Balaban J connectivity index is 2.12. The molecule has 270 valence electrons. The molecule has 0 aromatic heterocycles. The van der Waals surface area contributed by atoms with Gasteiger partial charge in [0.05, 0.1) is 41.9 Å². The van der Waals surface area contributed by atoms with Crippen LogP contribution in [0.5, 0.6) is 17.2 Å². The first-order valence-corrected chi connectivity index (χ1v) is 16.3. The lowest BCUT2D eigenvalue weighted by molar-refractivity contribution is -0.956. The Hall–Kier alpha value is -3.55. The molecule has 3 aromatic carbocycles. The number of halogens is 9. The molecular weight excluding hydrogens is 664 g/mol. The zero-order valence-electron chi connectivity index (χ0n) is 27.9. The summed E-state index contributed by atoms with van der Waals surface area (Å²) in [6.07, 6.45) is -8.80. The number of unbranched alkanes of at least 4 members (excludes halogenated alkanes) is 3. The minimum atomic E-state index is -4.67. The van der Waals surface area contributed by atoms with Crippen LogP contribution in [-0.4, -0.2) is 31.4 Å². The lowest BCUT2D eigenvalue weighted by atomic mass is 9.97. The minimum Gasteiger partial charge on any atom is -0.490 e. The van der Waals surface area contributed by atoms with Crippen LogP contribution in [0.1, 0.15) is 94.5 Å². The van der Waals surface area contributed by atoms with Gasteiger partial charge in [-0.15, -0.1) is 0 Å². The van der Waals surface area contributed by atoms with E-state index in [1.807, 2.05) is 27.7 Å². The van der Waals surface area contributed by atoms with Gasteiger partial charge in [0.25, 0.3) is 0 Å². The van der Waals surface area contributed by atoms with Crippen LogP contribution >= 0.6 is 0 Å². The fourth-order valence-corrected chi connectivity index (χ4v) is 5.63. The van der Waals surface area contributed by atoms with Crippen molar-refractivity contribution in [2.75, 3.05) is 19.6 Å². The Labute approximate surface area is 281 Å². The summed E-state index contributed by atoms with van der Waals surface area (Å²) in [4.78, 5) is 0. The van der Waals surface area contributed by atoms with Gasteiger partial charge in [0.2, 0.25) is 0 Å². The SMILES string of the molecule is CCCC[N+](CCCC)(CCCC)C(C)c1cc(C(F)(F)F)ccc1OB(Oc1ccc(C(F)(F)F)cc1)Oc1ccc(C(F)(F)F)cc1. The predicted molar refractivity (Wildman–Crippen MR) is 170 cm³/mol. The summed E-state index contributed by atoms with van der Waals surface area (Å²) in [5.41, 5.74) is -2.60. The highest BCUT2D eigenvalue weighted by Crippen LogP contribution is 2.41. The molecule has 1 unspecified atom stereocenters. The fraction of sp³-hybridized carbons (Fsp3) is 0.486. The maximum Gasteiger partial charge on any atom is 0.864 e. The first-order chi connectivity index (χ1) is 22.9. The van der Waals surface area contributed by atoms with Crippen molar-refractivity contribution in [1.82, 2.24) is 0 Å². The van der Waals surface area contributed by atoms with Crippen LogP contribution in [0.15, 0.2) is 66.7 Å². The van der Waals surface area contributed by atoms with E-state index < -0.39 is 48.6 Å². The van der Waals surface area contributed by atoms with E-state index in [9.17, 15) is 39.5 Å². The van der Waals surface area contributed by atoms with Crippen LogP contribution < -0.4 is 14.0 Å². The van der Waals surface area contributed by atoms with E-state index in [0.717, 1.165) is 105 Å². The Kier molecular flexibility index (Phi) is 13.8. The summed E-state index contributed by atoms with van der Waals surface area (Å²) in [6.45, 7) is 10.1. The molecule has 0 aliphatic carbocycles. The van der Waals surface area contributed by atoms with Crippen molar-refractivity contribution in [3.8, 4) is 17.2 Å². The van der Waals surface area contributed by atoms with Gasteiger partial charge >= 0.3 is 25.9 Å². The molecule has 0 saturated carbocycles. The van der Waals surface area contributed by atoms with Crippen molar-refractivity contribution in [3.05, 3.63) is 89.0 Å². The third-order valence-corrected chi connectivity index (χ3v) is 8.53. The lowest BCUT2D eigenvalue weighted by Gasteiger charge is -2.45. The molecule has 0 aliphatic heterocycles. The Morgan fingerprint density at radius 3 is 1.27 bits per heavy atom. The molecule has 0 heterocycles.